The fraction of sp³-hybridized carbons (Fsp3) is 0.444. The smallest absolute Gasteiger partial charge is 0.408 e. The monoisotopic (exact) mass is 379 g/mol. The van der Waals surface area contributed by atoms with Crippen LogP contribution in [0.5, 0.6) is 0 Å². The van der Waals surface area contributed by atoms with E-state index in [4.69, 9.17) is 10.5 Å². The number of primary amides is 1. The molecule has 1 aromatic rings. The Hall–Kier alpha value is -2.94. The molecule has 27 heavy (non-hydrogen) atoms. The maximum atomic E-state index is 12.2. The predicted molar refractivity (Wildman–Crippen MR) is 96.3 cm³/mol. The molecule has 2 atom stereocenters. The molecule has 0 saturated carbocycles. The Morgan fingerprint density at radius 2 is 1.78 bits per heavy atom. The molecule has 1 rings (SSSR count). The Kier molecular flexibility index (Phi) is 9.52. The molecule has 0 heterocycles. The van der Waals surface area contributed by atoms with Gasteiger partial charge in [-0.15, -0.1) is 0 Å². The molecule has 0 radical (unpaired) electrons. The third-order valence-electron chi connectivity index (χ3n) is 3.77. The van der Waals surface area contributed by atoms with Crippen molar-refractivity contribution in [3.05, 3.63) is 35.9 Å². The largest absolute Gasteiger partial charge is 0.445 e. The number of amides is 3. The van der Waals surface area contributed by atoms with E-state index in [9.17, 15) is 24.3 Å². The first kappa shape index (κ1) is 22.1. The minimum Gasteiger partial charge on any atom is -0.445 e. The highest BCUT2D eigenvalue weighted by Crippen LogP contribution is 2.03. The first-order chi connectivity index (χ1) is 12.9. The van der Waals surface area contributed by atoms with Crippen LogP contribution in [0.2, 0.25) is 0 Å². The van der Waals surface area contributed by atoms with Gasteiger partial charge in [-0.05, 0) is 12.0 Å². The lowest BCUT2D eigenvalue weighted by Crippen LogP contribution is -2.54. The lowest BCUT2D eigenvalue weighted by Gasteiger charge is -2.20. The lowest BCUT2D eigenvalue weighted by molar-refractivity contribution is -0.129. The Balaban J connectivity index is 2.54. The van der Waals surface area contributed by atoms with Gasteiger partial charge in [-0.25, -0.2) is 4.79 Å². The number of aliphatic hydroxyl groups is 1. The SMILES string of the molecule is CCC(=O)CC[C@H](NC(=O)[C@H](CO)NC(=O)OCc1ccccc1)C(N)=O. The van der Waals surface area contributed by atoms with Crippen molar-refractivity contribution in [3.63, 3.8) is 0 Å². The van der Waals surface area contributed by atoms with E-state index in [0.717, 1.165) is 5.56 Å². The summed E-state index contributed by atoms with van der Waals surface area (Å²) in [5.41, 5.74) is 5.98. The minimum atomic E-state index is -1.32. The van der Waals surface area contributed by atoms with Crippen molar-refractivity contribution < 1.29 is 29.0 Å². The summed E-state index contributed by atoms with van der Waals surface area (Å²) in [4.78, 5) is 46.8. The second-order valence-electron chi connectivity index (χ2n) is 5.84. The molecule has 1 aromatic carbocycles. The fourth-order valence-corrected chi connectivity index (χ4v) is 2.14. The highest BCUT2D eigenvalue weighted by Gasteiger charge is 2.25. The molecule has 0 aromatic heterocycles. The van der Waals surface area contributed by atoms with Gasteiger partial charge in [0.1, 0.15) is 24.5 Å². The molecular formula is C18H25N3O6. The van der Waals surface area contributed by atoms with Crippen LogP contribution < -0.4 is 16.4 Å². The fourth-order valence-electron chi connectivity index (χ4n) is 2.14. The molecule has 0 spiro atoms. The average Bonchev–Trinajstić information content (AvgIpc) is 2.67. The Labute approximate surface area is 157 Å². The van der Waals surface area contributed by atoms with Crippen LogP contribution in [0.3, 0.4) is 0 Å². The Morgan fingerprint density at radius 1 is 1.11 bits per heavy atom. The highest BCUT2D eigenvalue weighted by atomic mass is 16.5. The molecule has 9 heteroatoms. The van der Waals surface area contributed by atoms with Gasteiger partial charge >= 0.3 is 6.09 Å². The number of carbonyl (C=O) groups is 4. The van der Waals surface area contributed by atoms with E-state index in [1.807, 2.05) is 6.07 Å². The first-order valence-electron chi connectivity index (χ1n) is 8.56. The van der Waals surface area contributed by atoms with Gasteiger partial charge in [0.2, 0.25) is 11.8 Å². The highest BCUT2D eigenvalue weighted by molar-refractivity contribution is 5.91. The van der Waals surface area contributed by atoms with Crippen molar-refractivity contribution in [1.82, 2.24) is 10.6 Å². The second kappa shape index (κ2) is 11.6. The molecule has 5 N–H and O–H groups in total. The number of carbonyl (C=O) groups excluding carboxylic acids is 4. The maximum absolute atomic E-state index is 12.2. The topological polar surface area (TPSA) is 148 Å². The van der Waals surface area contributed by atoms with Gasteiger partial charge in [0, 0.05) is 12.8 Å². The van der Waals surface area contributed by atoms with Gasteiger partial charge in [-0.3, -0.25) is 14.4 Å². The van der Waals surface area contributed by atoms with Crippen LogP contribution in [0.25, 0.3) is 0 Å². The molecule has 0 bridgehead atoms. The van der Waals surface area contributed by atoms with Gasteiger partial charge in [-0.2, -0.15) is 0 Å². The molecule has 3 amide bonds. The number of nitrogens with one attached hydrogen (secondary N) is 2. The number of aliphatic hydroxyl groups excluding tert-OH is 1. The van der Waals surface area contributed by atoms with Crippen LogP contribution in [0.4, 0.5) is 4.79 Å². The Bertz CT molecular complexity index is 650. The summed E-state index contributed by atoms with van der Waals surface area (Å²) in [6.07, 6.45) is -0.455. The van der Waals surface area contributed by atoms with Crippen molar-refractivity contribution in [2.45, 2.75) is 44.9 Å². The molecule has 0 aliphatic heterocycles. The third kappa shape index (κ3) is 8.32. The number of ketones is 1. The summed E-state index contributed by atoms with van der Waals surface area (Å²) in [5.74, 6) is -1.69. The van der Waals surface area contributed by atoms with E-state index in [-0.39, 0.29) is 25.2 Å². The number of Topliss-reactive ketones (excluding diaryl/α,β-unsaturated/α-hetero) is 1. The molecule has 0 fully saturated rings. The molecule has 0 aliphatic carbocycles. The van der Waals surface area contributed by atoms with Crippen LogP contribution in [0, 0.1) is 0 Å². The summed E-state index contributed by atoms with van der Waals surface area (Å²) in [6, 6.07) is 6.51. The number of ether oxygens (including phenoxy) is 1. The quantitative estimate of drug-likeness (QED) is 0.425. The van der Waals surface area contributed by atoms with E-state index in [0.29, 0.717) is 6.42 Å². The van der Waals surface area contributed by atoms with Crippen molar-refractivity contribution in [2.24, 2.45) is 5.73 Å². The second-order valence-corrected chi connectivity index (χ2v) is 5.84. The normalized spacial score (nSPS) is 12.5. The van der Waals surface area contributed by atoms with Gasteiger partial charge in [-0.1, -0.05) is 37.3 Å². The first-order valence-corrected chi connectivity index (χ1v) is 8.56. The number of hydrogen-bond donors (Lipinski definition) is 4. The molecule has 148 valence electrons. The van der Waals surface area contributed by atoms with Gasteiger partial charge in [0.25, 0.3) is 0 Å². The third-order valence-corrected chi connectivity index (χ3v) is 3.77. The van der Waals surface area contributed by atoms with Crippen LogP contribution in [0.15, 0.2) is 30.3 Å². The average molecular weight is 379 g/mol. The minimum absolute atomic E-state index is 0.00448. The van der Waals surface area contributed by atoms with E-state index in [1.165, 1.54) is 0 Å². The lowest BCUT2D eigenvalue weighted by atomic mass is 10.1. The summed E-state index contributed by atoms with van der Waals surface area (Å²) in [6.45, 7) is 0.980. The van der Waals surface area contributed by atoms with E-state index in [1.54, 1.807) is 31.2 Å². The maximum Gasteiger partial charge on any atom is 0.408 e. The summed E-state index contributed by atoms with van der Waals surface area (Å²) in [7, 11) is 0. The van der Waals surface area contributed by atoms with Gasteiger partial charge < -0.3 is 26.2 Å². The molecule has 0 saturated heterocycles. The molecule has 0 unspecified atom stereocenters. The van der Waals surface area contributed by atoms with Crippen molar-refractivity contribution in [3.8, 4) is 0 Å². The number of benzene rings is 1. The zero-order valence-corrected chi connectivity index (χ0v) is 15.1. The van der Waals surface area contributed by atoms with E-state index < -0.39 is 36.6 Å². The standard InChI is InChI=1S/C18H25N3O6/c1-2-13(23)8-9-14(16(19)24)20-17(25)15(10-22)21-18(26)27-11-12-6-4-3-5-7-12/h3-7,14-15,22H,2,8-11H2,1H3,(H2,19,24)(H,20,25)(H,21,26)/t14-,15-/m0/s1. The Morgan fingerprint density at radius 3 is 2.33 bits per heavy atom. The number of alkyl carbamates (subject to hydrolysis) is 1. The van der Waals surface area contributed by atoms with Crippen LogP contribution in [-0.2, 0) is 25.7 Å². The predicted octanol–water partition coefficient (Wildman–Crippen LogP) is 0.00310. The summed E-state index contributed by atoms with van der Waals surface area (Å²) < 4.78 is 4.98. The van der Waals surface area contributed by atoms with Gasteiger partial charge in [0.15, 0.2) is 0 Å². The van der Waals surface area contributed by atoms with Crippen LogP contribution in [0.1, 0.15) is 31.7 Å². The zero-order chi connectivity index (χ0) is 20.2. The molecule has 0 aliphatic rings. The summed E-state index contributed by atoms with van der Waals surface area (Å²) in [5, 5.41) is 13.9. The van der Waals surface area contributed by atoms with Crippen LogP contribution in [-0.4, -0.2) is 47.5 Å². The van der Waals surface area contributed by atoms with Crippen LogP contribution >= 0.6 is 0 Å². The summed E-state index contributed by atoms with van der Waals surface area (Å²) >= 11 is 0. The van der Waals surface area contributed by atoms with Gasteiger partial charge in [0.05, 0.1) is 6.61 Å². The van der Waals surface area contributed by atoms with E-state index in [2.05, 4.69) is 10.6 Å². The van der Waals surface area contributed by atoms with E-state index >= 15 is 0 Å². The molecule has 9 nitrogen and oxygen atoms in total. The zero-order valence-electron chi connectivity index (χ0n) is 15.1. The van der Waals surface area contributed by atoms with Crippen molar-refractivity contribution >= 4 is 23.7 Å². The number of rotatable bonds is 11. The van der Waals surface area contributed by atoms with Crippen molar-refractivity contribution in [1.29, 1.82) is 0 Å². The van der Waals surface area contributed by atoms with Crippen molar-refractivity contribution in [2.75, 3.05) is 6.61 Å². The number of hydrogen-bond acceptors (Lipinski definition) is 6. The molecular weight excluding hydrogens is 354 g/mol. The number of nitrogens with two attached hydrogens (primary N) is 1.